The quantitative estimate of drug-likeness (QED) is 0.843. The largest absolute Gasteiger partial charge is 0.321 e. The number of nitrogens with zero attached hydrogens (tertiary/aromatic N) is 2. The fourth-order valence-corrected chi connectivity index (χ4v) is 1.43. The van der Waals surface area contributed by atoms with Gasteiger partial charge in [-0.25, -0.2) is 9.37 Å². The normalized spacial score (nSPS) is 10.3. The Morgan fingerprint density at radius 3 is 2.83 bits per heavy atom. The highest BCUT2D eigenvalue weighted by Gasteiger charge is 2.13. The van der Waals surface area contributed by atoms with Crippen LogP contribution in [0.3, 0.4) is 0 Å². The number of allylic oxidation sites excluding steroid dienone is 1. The summed E-state index contributed by atoms with van der Waals surface area (Å²) in [5.74, 6) is -0.839. The first-order valence-electron chi connectivity index (χ1n) is 5.28. The van der Waals surface area contributed by atoms with Crippen molar-refractivity contribution in [1.82, 2.24) is 14.7 Å². The van der Waals surface area contributed by atoms with Gasteiger partial charge in [0.1, 0.15) is 17.2 Å². The lowest BCUT2D eigenvalue weighted by molar-refractivity contribution is 0.0961. The van der Waals surface area contributed by atoms with Crippen LogP contribution in [-0.2, 0) is 0 Å². The molecule has 5 heteroatoms. The molecule has 2 heterocycles. The maximum Gasteiger partial charge on any atom is 0.274 e. The molecule has 0 spiro atoms. The zero-order valence-corrected chi connectivity index (χ0v) is 9.90. The van der Waals surface area contributed by atoms with Crippen LogP contribution in [-0.4, -0.2) is 15.3 Å². The van der Waals surface area contributed by atoms with E-state index in [1.165, 1.54) is 28.9 Å². The molecule has 2 aromatic heterocycles. The number of hydrogen-bond acceptors (Lipinski definition) is 2. The van der Waals surface area contributed by atoms with Crippen molar-refractivity contribution in [2.24, 2.45) is 0 Å². The first kappa shape index (κ1) is 12.0. The molecule has 0 saturated carbocycles. The summed E-state index contributed by atoms with van der Waals surface area (Å²) in [5.41, 5.74) is 1.82. The lowest BCUT2D eigenvalue weighted by Gasteiger charge is -2.07. The van der Waals surface area contributed by atoms with E-state index >= 15 is 0 Å². The third-order valence-corrected chi connectivity index (χ3v) is 2.48. The van der Waals surface area contributed by atoms with Gasteiger partial charge in [-0.05, 0) is 24.6 Å². The fourth-order valence-electron chi connectivity index (χ4n) is 1.43. The van der Waals surface area contributed by atoms with Crippen molar-refractivity contribution in [3.8, 4) is 0 Å². The Bertz CT molecular complexity index is 657. The number of aromatic nitrogens is 2. The maximum absolute atomic E-state index is 13.1. The van der Waals surface area contributed by atoms with E-state index in [0.717, 1.165) is 0 Å². The van der Waals surface area contributed by atoms with Gasteiger partial charge in [-0.2, -0.15) is 0 Å². The molecule has 0 saturated heterocycles. The number of carbonyl (C=O) groups excluding carboxylic acids is 1. The minimum atomic E-state index is -0.437. The molecule has 0 radical (unpaired) electrons. The van der Waals surface area contributed by atoms with Gasteiger partial charge in [-0.1, -0.05) is 13.2 Å². The van der Waals surface area contributed by atoms with Crippen LogP contribution in [0, 0.1) is 5.82 Å². The number of fused-ring (bicyclic) bond motifs is 1. The third kappa shape index (κ3) is 2.15. The average Bonchev–Trinajstić information content (AvgIpc) is 2.71. The summed E-state index contributed by atoms with van der Waals surface area (Å²) in [4.78, 5) is 16.0. The molecule has 1 N–H and O–H groups in total. The first-order chi connectivity index (χ1) is 8.49. The highest BCUT2D eigenvalue weighted by atomic mass is 19.1. The number of carbonyl (C=O) groups is 1. The molecule has 0 aliphatic rings. The lowest BCUT2D eigenvalue weighted by Crippen LogP contribution is -2.23. The van der Waals surface area contributed by atoms with Crippen LogP contribution in [0.4, 0.5) is 4.39 Å². The summed E-state index contributed by atoms with van der Waals surface area (Å²) >= 11 is 0. The molecule has 0 aliphatic carbocycles. The molecule has 92 valence electrons. The summed E-state index contributed by atoms with van der Waals surface area (Å²) < 4.78 is 14.5. The van der Waals surface area contributed by atoms with Gasteiger partial charge in [0, 0.05) is 11.9 Å². The molecule has 2 aromatic rings. The fraction of sp³-hybridized carbons (Fsp3) is 0.0769. The summed E-state index contributed by atoms with van der Waals surface area (Å²) in [6.45, 7) is 9.07. The molecule has 0 aromatic carbocycles. The SMILES string of the molecule is C=C(C)C(=C)NC(=O)c1cnc2ccc(F)cn12. The number of rotatable bonds is 3. The highest BCUT2D eigenvalue weighted by molar-refractivity contribution is 5.94. The summed E-state index contributed by atoms with van der Waals surface area (Å²) in [6, 6.07) is 2.79. The Hall–Kier alpha value is -2.43. The van der Waals surface area contributed by atoms with Crippen LogP contribution >= 0.6 is 0 Å². The molecule has 0 fully saturated rings. The molecule has 4 nitrogen and oxygen atoms in total. The van der Waals surface area contributed by atoms with E-state index in [-0.39, 0.29) is 5.69 Å². The number of amides is 1. The molecule has 18 heavy (non-hydrogen) atoms. The van der Waals surface area contributed by atoms with Gasteiger partial charge in [0.05, 0.1) is 6.20 Å². The summed E-state index contributed by atoms with van der Waals surface area (Å²) in [6.07, 6.45) is 2.59. The van der Waals surface area contributed by atoms with E-state index in [9.17, 15) is 9.18 Å². The second-order valence-electron chi connectivity index (χ2n) is 3.93. The zero-order valence-electron chi connectivity index (χ0n) is 9.90. The monoisotopic (exact) mass is 245 g/mol. The van der Waals surface area contributed by atoms with Crippen molar-refractivity contribution in [1.29, 1.82) is 0 Å². The smallest absolute Gasteiger partial charge is 0.274 e. The van der Waals surface area contributed by atoms with E-state index < -0.39 is 11.7 Å². The number of pyridine rings is 1. The van der Waals surface area contributed by atoms with Gasteiger partial charge in [-0.15, -0.1) is 0 Å². The van der Waals surface area contributed by atoms with Crippen LogP contribution in [0.5, 0.6) is 0 Å². The maximum atomic E-state index is 13.1. The van der Waals surface area contributed by atoms with Gasteiger partial charge < -0.3 is 5.32 Å². The predicted octanol–water partition coefficient (Wildman–Crippen LogP) is 2.29. The van der Waals surface area contributed by atoms with Crippen LogP contribution < -0.4 is 5.32 Å². The molecule has 0 atom stereocenters. The molecular weight excluding hydrogens is 233 g/mol. The second kappa shape index (κ2) is 4.44. The average molecular weight is 245 g/mol. The molecular formula is C13H12FN3O. The predicted molar refractivity (Wildman–Crippen MR) is 66.6 cm³/mol. The van der Waals surface area contributed by atoms with Gasteiger partial charge in [0.2, 0.25) is 0 Å². The van der Waals surface area contributed by atoms with Crippen LogP contribution in [0.1, 0.15) is 17.4 Å². The van der Waals surface area contributed by atoms with E-state index in [2.05, 4.69) is 23.5 Å². The van der Waals surface area contributed by atoms with Gasteiger partial charge in [0.15, 0.2) is 0 Å². The van der Waals surface area contributed by atoms with Crippen molar-refractivity contribution in [3.05, 3.63) is 60.5 Å². The molecule has 0 aliphatic heterocycles. The molecule has 0 unspecified atom stereocenters. The lowest BCUT2D eigenvalue weighted by atomic mass is 10.2. The van der Waals surface area contributed by atoms with E-state index in [1.54, 1.807) is 6.92 Å². The van der Waals surface area contributed by atoms with Gasteiger partial charge in [-0.3, -0.25) is 9.20 Å². The topological polar surface area (TPSA) is 46.4 Å². The van der Waals surface area contributed by atoms with Crippen molar-refractivity contribution in [2.75, 3.05) is 0 Å². The number of nitrogens with one attached hydrogen (secondary N) is 1. The Balaban J connectivity index is 2.36. The molecule has 2 rings (SSSR count). The number of hydrogen-bond donors (Lipinski definition) is 1. The number of imidazole rings is 1. The Labute approximate surface area is 103 Å². The van der Waals surface area contributed by atoms with Crippen LogP contribution in [0.15, 0.2) is 49.0 Å². The molecule has 1 amide bonds. The van der Waals surface area contributed by atoms with Crippen LogP contribution in [0.25, 0.3) is 5.65 Å². The highest BCUT2D eigenvalue weighted by Crippen LogP contribution is 2.09. The van der Waals surface area contributed by atoms with E-state index in [0.29, 0.717) is 16.9 Å². The minimum absolute atomic E-state index is 0.243. The molecule has 0 bridgehead atoms. The Morgan fingerprint density at radius 1 is 1.44 bits per heavy atom. The van der Waals surface area contributed by atoms with Crippen molar-refractivity contribution in [2.45, 2.75) is 6.92 Å². The van der Waals surface area contributed by atoms with E-state index in [1.807, 2.05) is 0 Å². The summed E-state index contributed by atoms with van der Waals surface area (Å²) in [7, 11) is 0. The van der Waals surface area contributed by atoms with Crippen molar-refractivity contribution in [3.63, 3.8) is 0 Å². The third-order valence-electron chi connectivity index (χ3n) is 2.48. The summed E-state index contributed by atoms with van der Waals surface area (Å²) in [5, 5.41) is 2.58. The Morgan fingerprint density at radius 2 is 2.17 bits per heavy atom. The first-order valence-corrected chi connectivity index (χ1v) is 5.28. The van der Waals surface area contributed by atoms with E-state index in [4.69, 9.17) is 0 Å². The van der Waals surface area contributed by atoms with Gasteiger partial charge >= 0.3 is 0 Å². The van der Waals surface area contributed by atoms with Crippen LogP contribution in [0.2, 0.25) is 0 Å². The van der Waals surface area contributed by atoms with Gasteiger partial charge in [0.25, 0.3) is 5.91 Å². The second-order valence-corrected chi connectivity index (χ2v) is 3.93. The van der Waals surface area contributed by atoms with Crippen molar-refractivity contribution < 1.29 is 9.18 Å². The Kier molecular flexibility index (Phi) is 2.97. The minimum Gasteiger partial charge on any atom is -0.321 e. The number of halogens is 1. The standard InChI is InChI=1S/C13H12FN3O/c1-8(2)9(3)16-13(18)11-6-15-12-5-4-10(14)7-17(11)12/h4-7H,1,3H2,2H3,(H,16,18). The zero-order chi connectivity index (χ0) is 13.3. The van der Waals surface area contributed by atoms with Crippen molar-refractivity contribution >= 4 is 11.6 Å².